The Balaban J connectivity index is 1.99. The van der Waals surface area contributed by atoms with Crippen molar-refractivity contribution in [3.8, 4) is 11.4 Å². The van der Waals surface area contributed by atoms with Crippen LogP contribution in [-0.2, 0) is 36.3 Å². The highest BCUT2D eigenvalue weighted by molar-refractivity contribution is 7.91. The number of rotatable bonds is 3. The van der Waals surface area contributed by atoms with E-state index in [4.69, 9.17) is 0 Å². The molecule has 0 fully saturated rings. The summed E-state index contributed by atoms with van der Waals surface area (Å²) in [6.07, 6.45) is -9.58. The Morgan fingerprint density at radius 3 is 2.03 bits per heavy atom. The van der Waals surface area contributed by atoms with E-state index < -0.39 is 44.5 Å². The SMILES string of the molecule is CCS(=O)(=O)c1nc(C(F)(F)F)ccc1-c1nc2cc3nc(C(F)(F)F)n(C)c3nc2n1C. The molecule has 0 aliphatic carbocycles. The minimum absolute atomic E-state index is 0.0721. The number of alkyl halides is 6. The summed E-state index contributed by atoms with van der Waals surface area (Å²) in [5.74, 6) is -1.74. The van der Waals surface area contributed by atoms with Gasteiger partial charge >= 0.3 is 12.4 Å². The molecule has 0 aliphatic heterocycles. The normalized spacial score (nSPS) is 13.4. The molecule has 0 atom stereocenters. The zero-order chi connectivity index (χ0) is 24.5. The first-order valence-electron chi connectivity index (χ1n) is 9.23. The molecule has 4 rings (SSSR count). The molecule has 4 aromatic heterocycles. The highest BCUT2D eigenvalue weighted by Gasteiger charge is 2.38. The lowest BCUT2D eigenvalue weighted by Gasteiger charge is -2.12. The quantitative estimate of drug-likeness (QED) is 0.405. The number of imidazole rings is 2. The van der Waals surface area contributed by atoms with Gasteiger partial charge in [0.1, 0.15) is 22.6 Å². The Hall–Kier alpha value is -3.23. The molecule has 0 bridgehead atoms. The van der Waals surface area contributed by atoms with Crippen molar-refractivity contribution >= 4 is 32.2 Å². The monoisotopic (exact) mass is 492 g/mol. The van der Waals surface area contributed by atoms with Crippen LogP contribution in [0.1, 0.15) is 18.4 Å². The number of halogens is 6. The molecule has 15 heteroatoms. The summed E-state index contributed by atoms with van der Waals surface area (Å²) in [4.78, 5) is 15.3. The van der Waals surface area contributed by atoms with Crippen LogP contribution in [0.4, 0.5) is 26.3 Å². The van der Waals surface area contributed by atoms with E-state index in [1.54, 1.807) is 0 Å². The maximum Gasteiger partial charge on any atom is 0.449 e. The van der Waals surface area contributed by atoms with Crippen molar-refractivity contribution in [2.24, 2.45) is 14.1 Å². The van der Waals surface area contributed by atoms with E-state index >= 15 is 0 Å². The Labute approximate surface area is 181 Å². The third-order valence-corrected chi connectivity index (χ3v) is 6.65. The summed E-state index contributed by atoms with van der Waals surface area (Å²) in [5, 5.41) is -0.805. The van der Waals surface area contributed by atoms with Crippen LogP contribution in [0.3, 0.4) is 0 Å². The van der Waals surface area contributed by atoms with E-state index in [0.29, 0.717) is 6.07 Å². The van der Waals surface area contributed by atoms with Crippen LogP contribution >= 0.6 is 0 Å². The molecule has 0 spiro atoms. The minimum atomic E-state index is -4.87. The van der Waals surface area contributed by atoms with Crippen molar-refractivity contribution in [3.05, 3.63) is 29.7 Å². The molecule has 4 heterocycles. The molecular weight excluding hydrogens is 478 g/mol. The number of sulfone groups is 1. The van der Waals surface area contributed by atoms with Crippen molar-refractivity contribution in [3.63, 3.8) is 0 Å². The average molecular weight is 492 g/mol. The molecule has 33 heavy (non-hydrogen) atoms. The second-order valence-electron chi connectivity index (χ2n) is 7.11. The van der Waals surface area contributed by atoms with Crippen molar-refractivity contribution in [2.75, 3.05) is 5.75 Å². The fourth-order valence-corrected chi connectivity index (χ4v) is 4.35. The first-order valence-corrected chi connectivity index (χ1v) is 10.9. The summed E-state index contributed by atoms with van der Waals surface area (Å²) in [6, 6.07) is 2.81. The summed E-state index contributed by atoms with van der Waals surface area (Å²) in [7, 11) is -1.65. The molecule has 4 aromatic rings. The second-order valence-corrected chi connectivity index (χ2v) is 9.30. The second kappa shape index (κ2) is 7.13. The van der Waals surface area contributed by atoms with Gasteiger partial charge in [-0.05, 0) is 18.2 Å². The van der Waals surface area contributed by atoms with Gasteiger partial charge < -0.3 is 9.13 Å². The van der Waals surface area contributed by atoms with Crippen LogP contribution in [0.25, 0.3) is 33.7 Å². The van der Waals surface area contributed by atoms with Crippen LogP contribution in [0, 0.1) is 0 Å². The van der Waals surface area contributed by atoms with Gasteiger partial charge in [-0.2, -0.15) is 26.3 Å². The fourth-order valence-electron chi connectivity index (χ4n) is 3.35. The Kier molecular flexibility index (Phi) is 4.96. The molecular formula is C18H14F6N6O2S. The number of aryl methyl sites for hydroxylation is 2. The van der Waals surface area contributed by atoms with E-state index in [1.165, 1.54) is 24.6 Å². The summed E-state index contributed by atoms with van der Waals surface area (Å²) in [5.41, 5.74) is -1.63. The lowest BCUT2D eigenvalue weighted by molar-refractivity contribution is -0.146. The first-order chi connectivity index (χ1) is 15.1. The molecule has 0 amide bonds. The third-order valence-electron chi connectivity index (χ3n) is 4.99. The van der Waals surface area contributed by atoms with Crippen LogP contribution < -0.4 is 0 Å². The maximum atomic E-state index is 13.2. The van der Waals surface area contributed by atoms with E-state index in [0.717, 1.165) is 17.7 Å². The lowest BCUT2D eigenvalue weighted by Crippen LogP contribution is -2.15. The van der Waals surface area contributed by atoms with Gasteiger partial charge in [0.05, 0.1) is 11.3 Å². The zero-order valence-corrected chi connectivity index (χ0v) is 17.9. The van der Waals surface area contributed by atoms with Crippen LogP contribution in [-0.4, -0.2) is 43.2 Å². The highest BCUT2D eigenvalue weighted by atomic mass is 32.2. The number of pyridine rings is 2. The number of aromatic nitrogens is 6. The third kappa shape index (κ3) is 3.69. The smallest absolute Gasteiger partial charge is 0.312 e. The summed E-state index contributed by atoms with van der Waals surface area (Å²) >= 11 is 0. The highest BCUT2D eigenvalue weighted by Crippen LogP contribution is 2.35. The van der Waals surface area contributed by atoms with Crippen LogP contribution in [0.5, 0.6) is 0 Å². The zero-order valence-electron chi connectivity index (χ0n) is 17.1. The van der Waals surface area contributed by atoms with Gasteiger partial charge in [0.25, 0.3) is 0 Å². The average Bonchev–Trinajstić information content (AvgIpc) is 3.22. The summed E-state index contributed by atoms with van der Waals surface area (Å²) in [6.45, 7) is 1.26. The molecule has 0 saturated carbocycles. The minimum Gasteiger partial charge on any atom is -0.312 e. The molecule has 0 radical (unpaired) electrons. The predicted octanol–water partition coefficient (Wildman–Crippen LogP) is 3.75. The predicted molar refractivity (Wildman–Crippen MR) is 104 cm³/mol. The molecule has 176 valence electrons. The van der Waals surface area contributed by atoms with Gasteiger partial charge in [-0.3, -0.25) is 0 Å². The summed E-state index contributed by atoms with van der Waals surface area (Å²) < 4.78 is 106. The molecule has 0 aliphatic rings. The number of hydrogen-bond acceptors (Lipinski definition) is 6. The Morgan fingerprint density at radius 1 is 0.848 bits per heavy atom. The van der Waals surface area contributed by atoms with E-state index in [9.17, 15) is 34.8 Å². The lowest BCUT2D eigenvalue weighted by atomic mass is 10.2. The number of nitrogens with zero attached hydrogens (tertiary/aromatic N) is 6. The van der Waals surface area contributed by atoms with E-state index in [1.807, 2.05) is 0 Å². The fraction of sp³-hybridized carbons (Fsp3) is 0.333. The largest absolute Gasteiger partial charge is 0.449 e. The van der Waals surface area contributed by atoms with Crippen molar-refractivity contribution in [2.45, 2.75) is 24.3 Å². The number of fused-ring (bicyclic) bond motifs is 2. The Morgan fingerprint density at radius 2 is 1.45 bits per heavy atom. The van der Waals surface area contributed by atoms with E-state index in [-0.39, 0.29) is 33.7 Å². The van der Waals surface area contributed by atoms with Gasteiger partial charge in [0, 0.05) is 14.1 Å². The number of hydrogen-bond donors (Lipinski definition) is 0. The molecule has 8 nitrogen and oxygen atoms in total. The molecule has 0 aromatic carbocycles. The molecule has 0 N–H and O–H groups in total. The van der Waals surface area contributed by atoms with E-state index in [2.05, 4.69) is 19.9 Å². The van der Waals surface area contributed by atoms with Crippen LogP contribution in [0.2, 0.25) is 0 Å². The topological polar surface area (TPSA) is 95.6 Å². The molecule has 0 unspecified atom stereocenters. The van der Waals surface area contributed by atoms with Crippen molar-refractivity contribution in [1.29, 1.82) is 0 Å². The van der Waals surface area contributed by atoms with Crippen molar-refractivity contribution < 1.29 is 34.8 Å². The Bertz CT molecular complexity index is 1520. The van der Waals surface area contributed by atoms with Crippen molar-refractivity contribution in [1.82, 2.24) is 29.1 Å². The first kappa shape index (κ1) is 22.9. The maximum absolute atomic E-state index is 13.2. The van der Waals surface area contributed by atoms with Gasteiger partial charge in [0.2, 0.25) is 5.82 Å². The molecule has 0 saturated heterocycles. The van der Waals surface area contributed by atoms with Gasteiger partial charge in [-0.15, -0.1) is 0 Å². The van der Waals surface area contributed by atoms with Crippen LogP contribution in [0.15, 0.2) is 23.2 Å². The van der Waals surface area contributed by atoms with Gasteiger partial charge in [-0.1, -0.05) is 6.92 Å². The van der Waals surface area contributed by atoms with Gasteiger partial charge in [-0.25, -0.2) is 28.4 Å². The standard InChI is InChI=1S/C18H14F6N6O2S/c1-4-33(31,32)15-8(5-6-11(27-15)17(19,20)21)12-25-9-7-10-14(28-13(9)29(12)2)30(3)16(26-10)18(22,23)24/h5-7H,4H2,1-3H3. The van der Waals surface area contributed by atoms with Gasteiger partial charge in [0.15, 0.2) is 26.2 Å².